The highest BCUT2D eigenvalue weighted by molar-refractivity contribution is 5.81. The Morgan fingerprint density at radius 1 is 1.21 bits per heavy atom. The highest BCUT2D eigenvalue weighted by Gasteiger charge is 2.26. The minimum Gasteiger partial charge on any atom is -0.485 e. The van der Waals surface area contributed by atoms with Gasteiger partial charge in [-0.15, -0.1) is 0 Å². The third-order valence-electron chi connectivity index (χ3n) is 3.90. The van der Waals surface area contributed by atoms with E-state index in [9.17, 15) is 4.79 Å². The van der Waals surface area contributed by atoms with Crippen LogP contribution in [0.4, 0.5) is 0 Å². The fourth-order valence-electron chi connectivity index (χ4n) is 2.68. The van der Waals surface area contributed by atoms with Crippen LogP contribution in [0, 0.1) is 0 Å². The van der Waals surface area contributed by atoms with E-state index in [4.69, 9.17) is 9.47 Å². The molecule has 0 aliphatic carbocycles. The summed E-state index contributed by atoms with van der Waals surface area (Å²) in [5, 5.41) is 2.88. The third kappa shape index (κ3) is 2.90. The van der Waals surface area contributed by atoms with E-state index < -0.39 is 6.10 Å². The van der Waals surface area contributed by atoms with Crippen molar-refractivity contribution in [1.29, 1.82) is 0 Å². The van der Waals surface area contributed by atoms with Gasteiger partial charge in [0.05, 0.1) is 5.69 Å². The van der Waals surface area contributed by atoms with Crippen molar-refractivity contribution in [2.24, 2.45) is 0 Å². The highest BCUT2D eigenvalue weighted by Crippen LogP contribution is 2.30. The maximum atomic E-state index is 12.2. The number of aromatic nitrogens is 2. The second kappa shape index (κ2) is 6.23. The summed E-state index contributed by atoms with van der Waals surface area (Å²) in [4.78, 5) is 16.7. The zero-order chi connectivity index (χ0) is 16.4. The molecule has 3 aromatic rings. The largest absolute Gasteiger partial charge is 0.485 e. The van der Waals surface area contributed by atoms with E-state index in [0.717, 1.165) is 11.3 Å². The lowest BCUT2D eigenvalue weighted by Gasteiger charge is -2.25. The number of nitrogens with one attached hydrogen (secondary N) is 1. The van der Waals surface area contributed by atoms with Crippen LogP contribution >= 0.6 is 0 Å². The number of benzene rings is 1. The quantitative estimate of drug-likeness (QED) is 0.795. The van der Waals surface area contributed by atoms with Gasteiger partial charge in [0.15, 0.2) is 11.5 Å². The first kappa shape index (κ1) is 14.6. The van der Waals surface area contributed by atoms with Crippen LogP contribution in [-0.2, 0) is 11.2 Å². The van der Waals surface area contributed by atoms with Crippen LogP contribution < -0.4 is 14.8 Å². The number of imidazole rings is 1. The summed E-state index contributed by atoms with van der Waals surface area (Å²) in [6.45, 7) is 0.724. The summed E-state index contributed by atoms with van der Waals surface area (Å²) in [6, 6.07) is 13.2. The van der Waals surface area contributed by atoms with Gasteiger partial charge in [0.2, 0.25) is 6.10 Å². The first-order valence-electron chi connectivity index (χ1n) is 7.88. The van der Waals surface area contributed by atoms with Crippen LogP contribution in [0.2, 0.25) is 0 Å². The topological polar surface area (TPSA) is 64.9 Å². The van der Waals surface area contributed by atoms with Gasteiger partial charge in [0.1, 0.15) is 12.3 Å². The number of rotatable bonds is 4. The monoisotopic (exact) mass is 323 g/mol. The molecule has 0 fully saturated rings. The molecule has 1 unspecified atom stereocenters. The zero-order valence-corrected chi connectivity index (χ0v) is 13.0. The van der Waals surface area contributed by atoms with E-state index in [1.54, 1.807) is 6.07 Å². The van der Waals surface area contributed by atoms with Crippen molar-refractivity contribution >= 4 is 11.6 Å². The van der Waals surface area contributed by atoms with Gasteiger partial charge in [-0.2, -0.15) is 0 Å². The van der Waals surface area contributed by atoms with Crippen molar-refractivity contribution in [3.63, 3.8) is 0 Å². The molecule has 1 aliphatic rings. The van der Waals surface area contributed by atoms with Crippen molar-refractivity contribution in [1.82, 2.24) is 14.7 Å². The molecule has 4 rings (SSSR count). The second-order valence-corrected chi connectivity index (χ2v) is 5.60. The number of nitrogens with zero attached hydrogens (tertiary/aromatic N) is 2. The number of amides is 1. The maximum absolute atomic E-state index is 12.2. The Labute approximate surface area is 139 Å². The molecule has 1 aliphatic heterocycles. The predicted molar refractivity (Wildman–Crippen MR) is 88.3 cm³/mol. The lowest BCUT2D eigenvalue weighted by Crippen LogP contribution is -2.44. The third-order valence-corrected chi connectivity index (χ3v) is 3.90. The van der Waals surface area contributed by atoms with Crippen LogP contribution in [-0.4, -0.2) is 34.5 Å². The lowest BCUT2D eigenvalue weighted by atomic mass is 10.2. The van der Waals surface area contributed by atoms with Gasteiger partial charge in [-0.25, -0.2) is 4.98 Å². The Morgan fingerprint density at radius 2 is 2.04 bits per heavy atom. The average Bonchev–Trinajstić information content (AvgIpc) is 3.04. The fraction of sp³-hybridized carbons (Fsp3) is 0.222. The molecule has 6 nitrogen and oxygen atoms in total. The normalized spacial score (nSPS) is 16.1. The molecule has 2 aromatic heterocycles. The summed E-state index contributed by atoms with van der Waals surface area (Å²) < 4.78 is 13.2. The van der Waals surface area contributed by atoms with E-state index in [1.807, 2.05) is 53.2 Å². The first-order chi connectivity index (χ1) is 11.8. The van der Waals surface area contributed by atoms with Gasteiger partial charge in [0.25, 0.3) is 5.91 Å². The highest BCUT2D eigenvalue weighted by atomic mass is 16.6. The molecule has 3 heterocycles. The average molecular weight is 323 g/mol. The molecule has 6 heteroatoms. The van der Waals surface area contributed by atoms with Crippen molar-refractivity contribution in [2.75, 3.05) is 13.2 Å². The van der Waals surface area contributed by atoms with Crippen LogP contribution in [0.25, 0.3) is 5.65 Å². The van der Waals surface area contributed by atoms with Crippen LogP contribution in [0.3, 0.4) is 0 Å². The molecule has 24 heavy (non-hydrogen) atoms. The van der Waals surface area contributed by atoms with Crippen molar-refractivity contribution < 1.29 is 14.3 Å². The summed E-state index contributed by atoms with van der Waals surface area (Å²) in [5.41, 5.74) is 1.84. The Balaban J connectivity index is 1.32. The Kier molecular flexibility index (Phi) is 3.78. The molecular weight excluding hydrogens is 306 g/mol. The summed E-state index contributed by atoms with van der Waals surface area (Å²) in [5.74, 6) is 1.10. The molecular formula is C18H17N3O3. The minimum atomic E-state index is -0.624. The van der Waals surface area contributed by atoms with Crippen LogP contribution in [0.1, 0.15) is 5.69 Å². The molecule has 0 spiro atoms. The van der Waals surface area contributed by atoms with E-state index in [2.05, 4.69) is 10.3 Å². The second-order valence-electron chi connectivity index (χ2n) is 5.60. The number of para-hydroxylation sites is 2. The van der Waals surface area contributed by atoms with E-state index >= 15 is 0 Å². The number of carbonyl (C=O) groups excluding carboxylic acids is 1. The SMILES string of the molecule is O=C(NCCc1cn2ccccc2n1)C1COc2ccccc2O1. The van der Waals surface area contributed by atoms with E-state index in [1.165, 1.54) is 0 Å². The number of hydrogen-bond donors (Lipinski definition) is 1. The standard InChI is InChI=1S/C18H17N3O3/c22-18(16-12-23-14-5-1-2-6-15(14)24-16)19-9-8-13-11-21-10-4-3-7-17(21)20-13/h1-7,10-11,16H,8-9,12H2,(H,19,22). The number of hydrogen-bond acceptors (Lipinski definition) is 4. The molecule has 122 valence electrons. The predicted octanol–water partition coefficient (Wildman–Crippen LogP) is 1.83. The number of carbonyl (C=O) groups is 1. The molecule has 1 N–H and O–H groups in total. The van der Waals surface area contributed by atoms with Crippen LogP contribution in [0.5, 0.6) is 11.5 Å². The van der Waals surface area contributed by atoms with Gasteiger partial charge in [-0.05, 0) is 24.3 Å². The number of pyridine rings is 1. The van der Waals surface area contributed by atoms with Crippen LogP contribution in [0.15, 0.2) is 54.9 Å². The van der Waals surface area contributed by atoms with E-state index in [-0.39, 0.29) is 12.5 Å². The molecule has 0 saturated carbocycles. The van der Waals surface area contributed by atoms with Gasteiger partial charge in [0, 0.05) is 25.4 Å². The lowest BCUT2D eigenvalue weighted by molar-refractivity contribution is -0.130. The Morgan fingerprint density at radius 3 is 2.92 bits per heavy atom. The Hall–Kier alpha value is -3.02. The summed E-state index contributed by atoms with van der Waals surface area (Å²) >= 11 is 0. The minimum absolute atomic E-state index is 0.173. The van der Waals surface area contributed by atoms with Crippen molar-refractivity contribution in [3.8, 4) is 11.5 Å². The zero-order valence-electron chi connectivity index (χ0n) is 13.0. The molecule has 1 aromatic carbocycles. The first-order valence-corrected chi connectivity index (χ1v) is 7.88. The van der Waals surface area contributed by atoms with Gasteiger partial charge >= 0.3 is 0 Å². The van der Waals surface area contributed by atoms with Crippen molar-refractivity contribution in [3.05, 3.63) is 60.6 Å². The molecule has 0 radical (unpaired) electrons. The maximum Gasteiger partial charge on any atom is 0.264 e. The van der Waals surface area contributed by atoms with Gasteiger partial charge < -0.3 is 19.2 Å². The van der Waals surface area contributed by atoms with Gasteiger partial charge in [-0.1, -0.05) is 18.2 Å². The molecule has 1 amide bonds. The number of ether oxygens (including phenoxy) is 2. The Bertz CT molecular complexity index is 842. The molecule has 1 atom stereocenters. The molecule has 0 saturated heterocycles. The smallest absolute Gasteiger partial charge is 0.264 e. The molecule has 0 bridgehead atoms. The summed E-state index contributed by atoms with van der Waals surface area (Å²) in [6.07, 6.45) is 3.96. The number of fused-ring (bicyclic) bond motifs is 2. The van der Waals surface area contributed by atoms with Gasteiger partial charge in [-0.3, -0.25) is 4.79 Å². The van der Waals surface area contributed by atoms with Crippen molar-refractivity contribution in [2.45, 2.75) is 12.5 Å². The summed E-state index contributed by atoms with van der Waals surface area (Å²) in [7, 11) is 0. The van der Waals surface area contributed by atoms with E-state index in [0.29, 0.717) is 24.5 Å². The fourth-order valence-corrected chi connectivity index (χ4v) is 2.68.